The molecule has 0 bridgehead atoms. The minimum Gasteiger partial charge on any atom is -0.457 e. The second-order valence-electron chi connectivity index (χ2n) is 6.12. The van der Waals surface area contributed by atoms with Crippen LogP contribution in [0.4, 0.5) is 5.69 Å². The van der Waals surface area contributed by atoms with Crippen LogP contribution in [0.5, 0.6) is 11.5 Å². The Morgan fingerprint density at radius 1 is 0.821 bits per heavy atom. The van der Waals surface area contributed by atoms with Gasteiger partial charge in [0.15, 0.2) is 0 Å². The van der Waals surface area contributed by atoms with E-state index in [1.807, 2.05) is 91.0 Å². The fourth-order valence-corrected chi connectivity index (χ4v) is 3.37. The van der Waals surface area contributed by atoms with Gasteiger partial charge in [0.05, 0.1) is 16.3 Å². The number of hydrogen-bond donors (Lipinski definition) is 1. The molecule has 0 aliphatic rings. The lowest BCUT2D eigenvalue weighted by molar-refractivity contribution is -0.113. The molecule has 0 fully saturated rings. The van der Waals surface area contributed by atoms with Gasteiger partial charge in [-0.15, -0.1) is 0 Å². The topological polar surface area (TPSA) is 51.2 Å². The van der Waals surface area contributed by atoms with Gasteiger partial charge in [-0.25, -0.2) is 4.98 Å². The molecule has 4 aromatic rings. The number of ether oxygens (including phenoxy) is 1. The SMILES string of the molecule is O=C(CSc1ccc2ccccc2n1)Nc1ccc(Oc2ccccc2)cc1. The Morgan fingerprint density at radius 2 is 1.54 bits per heavy atom. The van der Waals surface area contributed by atoms with Crippen LogP contribution >= 0.6 is 11.8 Å². The van der Waals surface area contributed by atoms with Crippen molar-refractivity contribution in [2.75, 3.05) is 11.1 Å². The second kappa shape index (κ2) is 8.59. The molecular weight excluding hydrogens is 368 g/mol. The molecule has 0 unspecified atom stereocenters. The monoisotopic (exact) mass is 386 g/mol. The first-order valence-corrected chi connectivity index (χ1v) is 9.86. The van der Waals surface area contributed by atoms with Crippen LogP contribution in [0.1, 0.15) is 0 Å². The lowest BCUT2D eigenvalue weighted by Crippen LogP contribution is -2.13. The average molecular weight is 386 g/mol. The maximum atomic E-state index is 12.2. The highest BCUT2D eigenvalue weighted by Crippen LogP contribution is 2.23. The van der Waals surface area contributed by atoms with Crippen LogP contribution in [-0.2, 0) is 4.79 Å². The molecule has 0 atom stereocenters. The third kappa shape index (κ3) is 4.69. The summed E-state index contributed by atoms with van der Waals surface area (Å²) in [4.78, 5) is 16.8. The van der Waals surface area contributed by atoms with E-state index in [2.05, 4.69) is 10.3 Å². The molecule has 1 N–H and O–H groups in total. The summed E-state index contributed by atoms with van der Waals surface area (Å²) >= 11 is 1.42. The van der Waals surface area contributed by atoms with Gasteiger partial charge in [-0.1, -0.05) is 54.2 Å². The lowest BCUT2D eigenvalue weighted by Gasteiger charge is -2.08. The van der Waals surface area contributed by atoms with Gasteiger partial charge in [-0.3, -0.25) is 4.79 Å². The van der Waals surface area contributed by atoms with Crippen LogP contribution in [0.15, 0.2) is 96.0 Å². The molecule has 0 aliphatic heterocycles. The van der Waals surface area contributed by atoms with E-state index in [1.165, 1.54) is 11.8 Å². The van der Waals surface area contributed by atoms with Crippen LogP contribution in [0.3, 0.4) is 0 Å². The number of fused-ring (bicyclic) bond motifs is 1. The van der Waals surface area contributed by atoms with Crippen molar-refractivity contribution >= 4 is 34.3 Å². The summed E-state index contributed by atoms with van der Waals surface area (Å²) in [7, 11) is 0. The van der Waals surface area contributed by atoms with Gasteiger partial charge in [-0.2, -0.15) is 0 Å². The fraction of sp³-hybridized carbons (Fsp3) is 0.0435. The molecule has 4 nitrogen and oxygen atoms in total. The number of hydrogen-bond acceptors (Lipinski definition) is 4. The molecule has 0 saturated heterocycles. The number of pyridine rings is 1. The van der Waals surface area contributed by atoms with E-state index in [4.69, 9.17) is 4.74 Å². The van der Waals surface area contributed by atoms with Gasteiger partial charge in [0, 0.05) is 11.1 Å². The van der Waals surface area contributed by atoms with Crippen molar-refractivity contribution in [3.05, 3.63) is 91.0 Å². The first-order chi connectivity index (χ1) is 13.8. The number of carbonyl (C=O) groups is 1. The minimum atomic E-state index is -0.0725. The predicted molar refractivity (Wildman–Crippen MR) is 114 cm³/mol. The fourth-order valence-electron chi connectivity index (χ4n) is 2.70. The number of nitrogens with one attached hydrogen (secondary N) is 1. The number of anilines is 1. The molecule has 1 heterocycles. The van der Waals surface area contributed by atoms with E-state index in [-0.39, 0.29) is 5.91 Å². The minimum absolute atomic E-state index is 0.0725. The summed E-state index contributed by atoms with van der Waals surface area (Å²) in [6, 6.07) is 28.8. The molecule has 3 aromatic carbocycles. The first kappa shape index (κ1) is 18.1. The zero-order chi connectivity index (χ0) is 19.2. The Bertz CT molecular complexity index is 1080. The number of rotatable bonds is 6. The van der Waals surface area contributed by atoms with E-state index in [0.717, 1.165) is 33.1 Å². The van der Waals surface area contributed by atoms with E-state index >= 15 is 0 Å². The number of nitrogens with zero attached hydrogens (tertiary/aromatic N) is 1. The van der Waals surface area contributed by atoms with Crippen LogP contribution in [0.25, 0.3) is 10.9 Å². The molecule has 0 radical (unpaired) electrons. The van der Waals surface area contributed by atoms with Crippen molar-refractivity contribution in [2.45, 2.75) is 5.03 Å². The highest BCUT2D eigenvalue weighted by molar-refractivity contribution is 7.99. The molecule has 1 aromatic heterocycles. The van der Waals surface area contributed by atoms with Crippen LogP contribution < -0.4 is 10.1 Å². The number of aromatic nitrogens is 1. The summed E-state index contributed by atoms with van der Waals surface area (Å²) in [6.45, 7) is 0. The lowest BCUT2D eigenvalue weighted by atomic mass is 10.2. The number of para-hydroxylation sites is 2. The normalized spacial score (nSPS) is 10.6. The van der Waals surface area contributed by atoms with Crippen molar-refractivity contribution in [1.29, 1.82) is 0 Å². The number of benzene rings is 3. The number of amides is 1. The first-order valence-electron chi connectivity index (χ1n) is 8.88. The van der Waals surface area contributed by atoms with Gasteiger partial charge in [0.1, 0.15) is 11.5 Å². The molecule has 5 heteroatoms. The third-order valence-electron chi connectivity index (χ3n) is 4.04. The van der Waals surface area contributed by atoms with E-state index < -0.39 is 0 Å². The van der Waals surface area contributed by atoms with Crippen molar-refractivity contribution < 1.29 is 9.53 Å². The van der Waals surface area contributed by atoms with Crippen LogP contribution in [0.2, 0.25) is 0 Å². The third-order valence-corrected chi connectivity index (χ3v) is 4.97. The highest BCUT2D eigenvalue weighted by Gasteiger charge is 2.06. The molecule has 0 aliphatic carbocycles. The zero-order valence-electron chi connectivity index (χ0n) is 15.0. The second-order valence-corrected chi connectivity index (χ2v) is 7.11. The molecule has 28 heavy (non-hydrogen) atoms. The summed E-state index contributed by atoms with van der Waals surface area (Å²) in [6.07, 6.45) is 0. The van der Waals surface area contributed by atoms with E-state index in [1.54, 1.807) is 0 Å². The van der Waals surface area contributed by atoms with Crippen molar-refractivity contribution in [1.82, 2.24) is 4.98 Å². The Labute approximate surface area is 167 Å². The molecule has 0 spiro atoms. The largest absolute Gasteiger partial charge is 0.457 e. The van der Waals surface area contributed by atoms with Crippen LogP contribution in [-0.4, -0.2) is 16.6 Å². The van der Waals surface area contributed by atoms with Gasteiger partial charge in [-0.05, 0) is 48.5 Å². The number of carbonyl (C=O) groups excluding carboxylic acids is 1. The van der Waals surface area contributed by atoms with Gasteiger partial charge >= 0.3 is 0 Å². The van der Waals surface area contributed by atoms with Crippen molar-refractivity contribution in [3.8, 4) is 11.5 Å². The van der Waals surface area contributed by atoms with E-state index in [9.17, 15) is 4.79 Å². The smallest absolute Gasteiger partial charge is 0.234 e. The van der Waals surface area contributed by atoms with Gasteiger partial charge < -0.3 is 10.1 Å². The standard InChI is InChI=1S/C23H18N2O2S/c26-22(16-28-23-15-10-17-6-4-5-9-21(17)25-23)24-18-11-13-20(14-12-18)27-19-7-2-1-3-8-19/h1-15H,16H2,(H,24,26). The van der Waals surface area contributed by atoms with Crippen molar-refractivity contribution in [2.24, 2.45) is 0 Å². The molecule has 0 saturated carbocycles. The van der Waals surface area contributed by atoms with Gasteiger partial charge in [0.2, 0.25) is 5.91 Å². The Morgan fingerprint density at radius 3 is 2.36 bits per heavy atom. The molecule has 4 rings (SSSR count). The maximum absolute atomic E-state index is 12.2. The molecular formula is C23H18N2O2S. The Hall–Kier alpha value is -3.31. The van der Waals surface area contributed by atoms with E-state index in [0.29, 0.717) is 5.75 Å². The molecule has 138 valence electrons. The summed E-state index contributed by atoms with van der Waals surface area (Å²) in [5, 5.41) is 4.82. The molecule has 1 amide bonds. The summed E-state index contributed by atoms with van der Waals surface area (Å²) in [5.41, 5.74) is 1.67. The maximum Gasteiger partial charge on any atom is 0.234 e. The average Bonchev–Trinajstić information content (AvgIpc) is 2.74. The Kier molecular flexibility index (Phi) is 5.54. The predicted octanol–water partition coefficient (Wildman–Crippen LogP) is 5.76. The quantitative estimate of drug-likeness (QED) is 0.428. The zero-order valence-corrected chi connectivity index (χ0v) is 15.9. The highest BCUT2D eigenvalue weighted by atomic mass is 32.2. The number of thioether (sulfide) groups is 1. The summed E-state index contributed by atoms with van der Waals surface area (Å²) < 4.78 is 5.75. The van der Waals surface area contributed by atoms with Crippen LogP contribution in [0, 0.1) is 0 Å². The van der Waals surface area contributed by atoms with Gasteiger partial charge in [0.25, 0.3) is 0 Å². The summed E-state index contributed by atoms with van der Waals surface area (Å²) in [5.74, 6) is 1.72. The van der Waals surface area contributed by atoms with Crippen molar-refractivity contribution in [3.63, 3.8) is 0 Å². The Balaban J connectivity index is 1.31.